The van der Waals surface area contributed by atoms with Gasteiger partial charge in [-0.25, -0.2) is 0 Å². The molecule has 4 unspecified atom stereocenters. The summed E-state index contributed by atoms with van der Waals surface area (Å²) >= 11 is 0. The monoisotopic (exact) mass is 262 g/mol. The Morgan fingerprint density at radius 2 is 2.00 bits per heavy atom. The van der Waals surface area contributed by atoms with Crippen molar-refractivity contribution in [1.82, 2.24) is 4.90 Å². The number of hydrogen-bond donors (Lipinski definition) is 1. The van der Waals surface area contributed by atoms with E-state index in [1.807, 2.05) is 24.8 Å². The molecule has 3 rings (SSSR count). The van der Waals surface area contributed by atoms with Crippen molar-refractivity contribution in [3.05, 3.63) is 23.7 Å². The van der Waals surface area contributed by atoms with E-state index in [9.17, 15) is 4.79 Å². The average Bonchev–Trinajstić information content (AvgIpc) is 2.76. The van der Waals surface area contributed by atoms with E-state index in [4.69, 9.17) is 10.2 Å². The van der Waals surface area contributed by atoms with Crippen LogP contribution in [0.3, 0.4) is 0 Å². The van der Waals surface area contributed by atoms with Gasteiger partial charge in [-0.15, -0.1) is 0 Å². The Hall–Kier alpha value is -1.29. The molecule has 4 heteroatoms. The third-order valence-electron chi connectivity index (χ3n) is 4.37. The van der Waals surface area contributed by atoms with Gasteiger partial charge in [0.05, 0.1) is 0 Å². The summed E-state index contributed by atoms with van der Waals surface area (Å²) in [4.78, 5) is 13.9. The van der Waals surface area contributed by atoms with Crippen LogP contribution in [0, 0.1) is 5.92 Å². The number of furan rings is 1. The lowest BCUT2D eigenvalue weighted by Gasteiger charge is -2.28. The van der Waals surface area contributed by atoms with E-state index >= 15 is 0 Å². The SMILES string of the molecule is CC1CC1c1ccc(C2C(N)CC(=O)N2C(C)C)o1. The molecule has 1 aliphatic heterocycles. The molecule has 0 radical (unpaired) electrons. The summed E-state index contributed by atoms with van der Waals surface area (Å²) in [7, 11) is 0. The molecule has 0 aromatic carbocycles. The van der Waals surface area contributed by atoms with Crippen molar-refractivity contribution in [3.8, 4) is 0 Å². The topological polar surface area (TPSA) is 59.5 Å². The molecule has 1 aromatic rings. The molecule has 4 nitrogen and oxygen atoms in total. The van der Waals surface area contributed by atoms with E-state index in [0.29, 0.717) is 12.3 Å². The number of likely N-dealkylation sites (tertiary alicyclic amines) is 1. The lowest BCUT2D eigenvalue weighted by molar-refractivity contribution is -0.130. The summed E-state index contributed by atoms with van der Waals surface area (Å²) < 4.78 is 5.99. The van der Waals surface area contributed by atoms with Crippen molar-refractivity contribution in [2.75, 3.05) is 0 Å². The molecule has 0 bridgehead atoms. The second-order valence-electron chi connectivity index (χ2n) is 6.27. The fourth-order valence-electron chi connectivity index (χ4n) is 3.18. The van der Waals surface area contributed by atoms with Crippen molar-refractivity contribution in [2.45, 2.75) is 57.7 Å². The molecule has 4 atom stereocenters. The number of carbonyl (C=O) groups excluding carboxylic acids is 1. The number of nitrogens with two attached hydrogens (primary N) is 1. The standard InChI is InChI=1S/C15H22N2O2/c1-8(2)17-14(18)7-11(16)15(17)13-5-4-12(19-13)10-6-9(10)3/h4-5,8-11,15H,6-7,16H2,1-3H3. The Bertz CT molecular complexity index is 494. The molecule has 2 N–H and O–H groups in total. The zero-order chi connectivity index (χ0) is 13.7. The lowest BCUT2D eigenvalue weighted by Crippen LogP contribution is -2.37. The molecular formula is C15H22N2O2. The van der Waals surface area contributed by atoms with Gasteiger partial charge in [0.25, 0.3) is 0 Å². The van der Waals surface area contributed by atoms with E-state index in [0.717, 1.165) is 17.4 Å². The summed E-state index contributed by atoms with van der Waals surface area (Å²) in [6.45, 7) is 6.28. The van der Waals surface area contributed by atoms with Crippen LogP contribution in [0.15, 0.2) is 16.5 Å². The van der Waals surface area contributed by atoms with Crippen LogP contribution in [0.4, 0.5) is 0 Å². The number of nitrogens with zero attached hydrogens (tertiary/aromatic N) is 1. The van der Waals surface area contributed by atoms with E-state index in [-0.39, 0.29) is 24.0 Å². The maximum atomic E-state index is 12.0. The van der Waals surface area contributed by atoms with Gasteiger partial charge < -0.3 is 15.1 Å². The maximum Gasteiger partial charge on any atom is 0.225 e. The summed E-state index contributed by atoms with van der Waals surface area (Å²) in [5.41, 5.74) is 6.14. The zero-order valence-corrected chi connectivity index (χ0v) is 11.8. The number of amides is 1. The van der Waals surface area contributed by atoms with Gasteiger partial charge in [0, 0.05) is 24.4 Å². The van der Waals surface area contributed by atoms with Gasteiger partial charge in [-0.3, -0.25) is 4.79 Å². The van der Waals surface area contributed by atoms with E-state index in [1.54, 1.807) is 0 Å². The van der Waals surface area contributed by atoms with E-state index in [1.165, 1.54) is 6.42 Å². The van der Waals surface area contributed by atoms with Crippen molar-refractivity contribution >= 4 is 5.91 Å². The number of hydrogen-bond acceptors (Lipinski definition) is 3. The number of carbonyl (C=O) groups is 1. The van der Waals surface area contributed by atoms with Crippen LogP contribution >= 0.6 is 0 Å². The minimum Gasteiger partial charge on any atom is -0.464 e. The smallest absolute Gasteiger partial charge is 0.225 e. The van der Waals surface area contributed by atoms with Gasteiger partial charge in [-0.1, -0.05) is 6.92 Å². The first kappa shape index (κ1) is 12.7. The first-order valence-corrected chi connectivity index (χ1v) is 7.15. The van der Waals surface area contributed by atoms with E-state index in [2.05, 4.69) is 13.0 Å². The molecular weight excluding hydrogens is 240 g/mol. The highest BCUT2D eigenvalue weighted by Crippen LogP contribution is 2.48. The van der Waals surface area contributed by atoms with Gasteiger partial charge in [0.2, 0.25) is 5.91 Å². The fourth-order valence-corrected chi connectivity index (χ4v) is 3.18. The molecule has 2 aliphatic rings. The van der Waals surface area contributed by atoms with Gasteiger partial charge >= 0.3 is 0 Å². The minimum absolute atomic E-state index is 0.102. The molecule has 1 saturated heterocycles. The average molecular weight is 262 g/mol. The molecule has 2 heterocycles. The Labute approximate surface area is 113 Å². The first-order chi connectivity index (χ1) is 8.99. The maximum absolute atomic E-state index is 12.0. The number of rotatable bonds is 3. The molecule has 19 heavy (non-hydrogen) atoms. The van der Waals surface area contributed by atoms with Crippen molar-refractivity contribution in [1.29, 1.82) is 0 Å². The Kier molecular flexibility index (Phi) is 2.93. The second kappa shape index (κ2) is 4.37. The molecule has 104 valence electrons. The summed E-state index contributed by atoms with van der Waals surface area (Å²) in [6.07, 6.45) is 1.62. The largest absolute Gasteiger partial charge is 0.464 e. The Balaban J connectivity index is 1.87. The van der Waals surface area contributed by atoms with Crippen LogP contribution < -0.4 is 5.73 Å². The van der Waals surface area contributed by atoms with E-state index < -0.39 is 0 Å². The molecule has 0 spiro atoms. The summed E-state index contributed by atoms with van der Waals surface area (Å²) in [5, 5.41) is 0. The van der Waals surface area contributed by atoms with Crippen LogP contribution in [0.1, 0.15) is 57.1 Å². The van der Waals surface area contributed by atoms with Crippen LogP contribution in [0.2, 0.25) is 0 Å². The Morgan fingerprint density at radius 3 is 2.58 bits per heavy atom. The van der Waals surface area contributed by atoms with Crippen LogP contribution in [-0.4, -0.2) is 22.9 Å². The molecule has 1 saturated carbocycles. The van der Waals surface area contributed by atoms with Crippen molar-refractivity contribution in [2.24, 2.45) is 11.7 Å². The predicted molar refractivity (Wildman–Crippen MR) is 72.5 cm³/mol. The van der Waals surface area contributed by atoms with Gasteiger partial charge in [-0.2, -0.15) is 0 Å². The molecule has 2 fully saturated rings. The third-order valence-corrected chi connectivity index (χ3v) is 4.37. The van der Waals surface area contributed by atoms with Gasteiger partial charge in [0.1, 0.15) is 17.6 Å². The zero-order valence-electron chi connectivity index (χ0n) is 11.8. The highest BCUT2D eigenvalue weighted by Gasteiger charge is 2.43. The highest BCUT2D eigenvalue weighted by molar-refractivity contribution is 5.80. The van der Waals surface area contributed by atoms with Crippen LogP contribution in [0.25, 0.3) is 0 Å². The summed E-state index contributed by atoms with van der Waals surface area (Å²) in [5.74, 6) is 3.32. The molecule has 1 aromatic heterocycles. The second-order valence-corrected chi connectivity index (χ2v) is 6.27. The van der Waals surface area contributed by atoms with Gasteiger partial charge in [0.15, 0.2) is 0 Å². The fraction of sp³-hybridized carbons (Fsp3) is 0.667. The van der Waals surface area contributed by atoms with Crippen molar-refractivity contribution < 1.29 is 9.21 Å². The predicted octanol–water partition coefficient (Wildman–Crippen LogP) is 2.41. The van der Waals surface area contributed by atoms with Gasteiger partial charge in [-0.05, 0) is 38.3 Å². The first-order valence-electron chi connectivity index (χ1n) is 7.15. The molecule has 1 aliphatic carbocycles. The minimum atomic E-state index is -0.162. The Morgan fingerprint density at radius 1 is 1.37 bits per heavy atom. The quantitative estimate of drug-likeness (QED) is 0.910. The highest BCUT2D eigenvalue weighted by atomic mass is 16.3. The van der Waals surface area contributed by atoms with Crippen molar-refractivity contribution in [3.63, 3.8) is 0 Å². The van der Waals surface area contributed by atoms with Crippen LogP contribution in [-0.2, 0) is 4.79 Å². The molecule has 1 amide bonds. The summed E-state index contributed by atoms with van der Waals surface area (Å²) in [6, 6.07) is 3.94. The third kappa shape index (κ3) is 2.08. The normalized spacial score (nSPS) is 34.4. The van der Waals surface area contributed by atoms with Crippen LogP contribution in [0.5, 0.6) is 0 Å². The lowest BCUT2D eigenvalue weighted by atomic mass is 10.1.